The van der Waals surface area contributed by atoms with Crippen LogP contribution in [0.1, 0.15) is 30.1 Å². The molecule has 0 fully saturated rings. The lowest BCUT2D eigenvalue weighted by atomic mass is 10.0. The Bertz CT molecular complexity index is 642. The Kier molecular flexibility index (Phi) is 4.95. The molecule has 0 radical (unpaired) electrons. The second kappa shape index (κ2) is 6.93. The van der Waals surface area contributed by atoms with Gasteiger partial charge in [0.25, 0.3) is 0 Å². The van der Waals surface area contributed by atoms with Gasteiger partial charge in [0.05, 0.1) is 5.92 Å². The van der Waals surface area contributed by atoms with Crippen LogP contribution in [-0.2, 0) is 4.79 Å². The fourth-order valence-electron chi connectivity index (χ4n) is 3.16. The quantitative estimate of drug-likeness (QED) is 0.812. The lowest BCUT2D eigenvalue weighted by Gasteiger charge is -2.17. The zero-order chi connectivity index (χ0) is 15.5. The highest BCUT2D eigenvalue weighted by molar-refractivity contribution is 7.57. The fourth-order valence-corrected chi connectivity index (χ4v) is 5.95. The van der Waals surface area contributed by atoms with Crippen molar-refractivity contribution in [3.63, 3.8) is 0 Å². The Morgan fingerprint density at radius 1 is 1.41 bits per heavy atom. The second-order valence-corrected chi connectivity index (χ2v) is 9.43. The van der Waals surface area contributed by atoms with Crippen molar-refractivity contribution in [3.8, 4) is 0 Å². The van der Waals surface area contributed by atoms with Gasteiger partial charge in [-0.3, -0.25) is 4.79 Å². The largest absolute Gasteiger partial charge is 0.402 e. The molecule has 0 bridgehead atoms. The van der Waals surface area contributed by atoms with E-state index in [1.54, 1.807) is 11.3 Å². The minimum absolute atomic E-state index is 0.0183. The first kappa shape index (κ1) is 15.7. The number of rotatable bonds is 5. The first-order valence-corrected chi connectivity index (χ1v) is 10.8. The maximum Gasteiger partial charge on any atom is 0.169 e. The topological polar surface area (TPSA) is 43.1 Å². The zero-order valence-corrected chi connectivity index (χ0v) is 14.6. The van der Waals surface area contributed by atoms with Gasteiger partial charge < -0.3 is 5.73 Å². The van der Waals surface area contributed by atoms with Crippen LogP contribution in [0.3, 0.4) is 0 Å². The van der Waals surface area contributed by atoms with Gasteiger partial charge in [0.2, 0.25) is 0 Å². The fraction of sp³-hybridized carbons (Fsp3) is 0.389. The molecule has 0 amide bonds. The Labute approximate surface area is 137 Å². The van der Waals surface area contributed by atoms with E-state index in [0.29, 0.717) is 6.42 Å². The van der Waals surface area contributed by atoms with Gasteiger partial charge in [0.1, 0.15) is 0 Å². The van der Waals surface area contributed by atoms with Crippen LogP contribution >= 0.6 is 19.3 Å². The number of carbonyl (C=O) groups is 1. The lowest BCUT2D eigenvalue weighted by Crippen LogP contribution is -2.10. The van der Waals surface area contributed by atoms with Gasteiger partial charge in [-0.15, -0.1) is 19.3 Å². The lowest BCUT2D eigenvalue weighted by molar-refractivity contribution is -0.116. The number of hydrogen-bond acceptors (Lipinski definition) is 3. The predicted molar refractivity (Wildman–Crippen MR) is 96.9 cm³/mol. The zero-order valence-electron chi connectivity index (χ0n) is 12.9. The van der Waals surface area contributed by atoms with Crippen molar-refractivity contribution in [3.05, 3.63) is 57.5 Å². The van der Waals surface area contributed by atoms with E-state index in [0.717, 1.165) is 34.9 Å². The van der Waals surface area contributed by atoms with Crippen LogP contribution in [0.2, 0.25) is 0 Å². The molecule has 0 spiro atoms. The van der Waals surface area contributed by atoms with Crippen LogP contribution in [0.25, 0.3) is 0 Å². The smallest absolute Gasteiger partial charge is 0.169 e. The van der Waals surface area contributed by atoms with Gasteiger partial charge >= 0.3 is 0 Å². The summed E-state index contributed by atoms with van der Waals surface area (Å²) in [7, 11) is -0.202. The molecule has 1 heterocycles. The molecule has 2 nitrogen and oxygen atoms in total. The van der Waals surface area contributed by atoms with E-state index in [9.17, 15) is 4.79 Å². The molecular formula is C18H22NOPS. The molecule has 0 saturated heterocycles. The number of ketones is 1. The number of carbonyl (C=O) groups excluding carboxylic acids is 1. The molecule has 1 aromatic rings. The average molecular weight is 331 g/mol. The molecule has 0 aromatic carbocycles. The van der Waals surface area contributed by atoms with Crippen LogP contribution in [0.15, 0.2) is 52.6 Å². The van der Waals surface area contributed by atoms with Crippen molar-refractivity contribution < 1.29 is 4.79 Å². The highest BCUT2D eigenvalue weighted by Crippen LogP contribution is 2.43. The molecular weight excluding hydrogens is 309 g/mol. The Hall–Kier alpha value is -1.18. The Morgan fingerprint density at radius 3 is 2.95 bits per heavy atom. The highest BCUT2D eigenvalue weighted by Gasteiger charge is 2.34. The van der Waals surface area contributed by atoms with Gasteiger partial charge in [-0.25, -0.2) is 0 Å². The maximum atomic E-state index is 12.7. The second-order valence-electron chi connectivity index (χ2n) is 6.10. The van der Waals surface area contributed by atoms with Gasteiger partial charge in [0, 0.05) is 22.6 Å². The number of nitrogens with two attached hydrogens (primary N) is 1. The van der Waals surface area contributed by atoms with E-state index in [4.69, 9.17) is 5.73 Å². The molecule has 116 valence electrons. The SMILES string of the molecule is CP(CC1=CC=CCC1)CC1=C(N)CC(c2cccs2)C1=O. The summed E-state index contributed by atoms with van der Waals surface area (Å²) in [4.78, 5) is 13.9. The third-order valence-electron chi connectivity index (χ3n) is 4.31. The molecule has 0 saturated carbocycles. The molecule has 2 aliphatic carbocycles. The predicted octanol–water partition coefficient (Wildman–Crippen LogP) is 4.41. The Morgan fingerprint density at radius 2 is 2.27 bits per heavy atom. The third-order valence-corrected chi connectivity index (χ3v) is 7.10. The van der Waals surface area contributed by atoms with E-state index >= 15 is 0 Å². The number of thiophene rings is 1. The molecule has 2 atom stereocenters. The Balaban J connectivity index is 1.64. The minimum Gasteiger partial charge on any atom is -0.402 e. The van der Waals surface area contributed by atoms with E-state index in [-0.39, 0.29) is 19.6 Å². The summed E-state index contributed by atoms with van der Waals surface area (Å²) >= 11 is 1.66. The summed E-state index contributed by atoms with van der Waals surface area (Å²) in [5, 5.41) is 2.03. The summed E-state index contributed by atoms with van der Waals surface area (Å²) in [5.41, 5.74) is 9.46. The van der Waals surface area contributed by atoms with Crippen molar-refractivity contribution in [2.45, 2.75) is 25.2 Å². The number of hydrogen-bond donors (Lipinski definition) is 1. The molecule has 0 aliphatic heterocycles. The first-order valence-electron chi connectivity index (χ1n) is 7.73. The van der Waals surface area contributed by atoms with Crippen LogP contribution in [0.5, 0.6) is 0 Å². The van der Waals surface area contributed by atoms with E-state index < -0.39 is 0 Å². The van der Waals surface area contributed by atoms with Crippen LogP contribution in [0.4, 0.5) is 0 Å². The van der Waals surface area contributed by atoms with Gasteiger partial charge in [-0.2, -0.15) is 0 Å². The molecule has 2 N–H and O–H groups in total. The van der Waals surface area contributed by atoms with Crippen molar-refractivity contribution in [2.24, 2.45) is 5.73 Å². The highest BCUT2D eigenvalue weighted by atomic mass is 32.1. The normalized spacial score (nSPS) is 23.0. The van der Waals surface area contributed by atoms with Crippen molar-refractivity contribution in [1.29, 1.82) is 0 Å². The summed E-state index contributed by atoms with van der Waals surface area (Å²) in [5.74, 6) is 0.252. The average Bonchev–Trinajstić information content (AvgIpc) is 3.12. The summed E-state index contributed by atoms with van der Waals surface area (Å²) in [6.07, 6.45) is 11.7. The molecule has 1 aromatic heterocycles. The van der Waals surface area contributed by atoms with E-state index in [1.165, 1.54) is 12.0 Å². The van der Waals surface area contributed by atoms with Crippen LogP contribution < -0.4 is 5.73 Å². The van der Waals surface area contributed by atoms with Crippen molar-refractivity contribution in [2.75, 3.05) is 19.0 Å². The summed E-state index contributed by atoms with van der Waals surface area (Å²) in [6, 6.07) is 4.06. The molecule has 22 heavy (non-hydrogen) atoms. The monoisotopic (exact) mass is 331 g/mol. The number of Topliss-reactive ketones (excluding diaryl/α,β-unsaturated/α-hetero) is 1. The summed E-state index contributed by atoms with van der Waals surface area (Å²) < 4.78 is 0. The van der Waals surface area contributed by atoms with E-state index in [2.05, 4.69) is 31.0 Å². The van der Waals surface area contributed by atoms with Gasteiger partial charge in [-0.05, 0) is 43.3 Å². The number of allylic oxidation sites excluding steroid dienone is 6. The molecule has 3 rings (SSSR count). The van der Waals surface area contributed by atoms with Crippen LogP contribution in [0, 0.1) is 0 Å². The van der Waals surface area contributed by atoms with E-state index in [1.807, 2.05) is 11.4 Å². The molecule has 4 heteroatoms. The van der Waals surface area contributed by atoms with Gasteiger partial charge in [0.15, 0.2) is 5.78 Å². The van der Waals surface area contributed by atoms with Gasteiger partial charge in [-0.1, -0.05) is 29.9 Å². The first-order chi connectivity index (χ1) is 10.6. The third kappa shape index (κ3) is 3.42. The van der Waals surface area contributed by atoms with Crippen molar-refractivity contribution in [1.82, 2.24) is 0 Å². The standard InChI is InChI=1S/C18H22NOPS/c1-21(11-13-6-3-2-4-7-13)12-15-16(19)10-14(18(15)20)17-8-5-9-22-17/h2-3,5-6,8-9,14H,4,7,10-12,19H2,1H3. The summed E-state index contributed by atoms with van der Waals surface area (Å²) in [6.45, 7) is 2.29. The minimum atomic E-state index is -0.202. The molecule has 2 unspecified atom stereocenters. The maximum absolute atomic E-state index is 12.7. The van der Waals surface area contributed by atoms with Crippen molar-refractivity contribution >= 4 is 25.0 Å². The van der Waals surface area contributed by atoms with Crippen LogP contribution in [-0.4, -0.2) is 24.8 Å². The molecule has 2 aliphatic rings.